The Balaban J connectivity index is 2.05. The van der Waals surface area contributed by atoms with Gasteiger partial charge in [0.05, 0.1) is 12.6 Å². The number of hydrogen-bond donors (Lipinski definition) is 2. The van der Waals surface area contributed by atoms with Crippen molar-refractivity contribution in [2.24, 2.45) is 0 Å². The number of aliphatic carboxylic acids is 1. The van der Waals surface area contributed by atoms with Gasteiger partial charge in [-0.1, -0.05) is 0 Å². The van der Waals surface area contributed by atoms with Crippen molar-refractivity contribution < 1.29 is 14.7 Å². The van der Waals surface area contributed by atoms with Gasteiger partial charge in [0.25, 0.3) is 5.91 Å². The second-order valence-electron chi connectivity index (χ2n) is 4.10. The standard InChI is InChI=1S/C12H12N4O3S/c1-7(4-10(17)18)15-11(19)9-6-20-12(16-9)8-5-13-2-3-14-8/h2-3,5-7H,4H2,1H3,(H,15,19)(H,17,18). The minimum Gasteiger partial charge on any atom is -0.481 e. The normalized spacial score (nSPS) is 11.8. The third-order valence-corrected chi connectivity index (χ3v) is 3.24. The zero-order chi connectivity index (χ0) is 14.5. The number of rotatable bonds is 5. The average Bonchev–Trinajstić information content (AvgIpc) is 2.88. The van der Waals surface area contributed by atoms with Crippen molar-refractivity contribution in [3.05, 3.63) is 29.7 Å². The third-order valence-electron chi connectivity index (χ3n) is 2.38. The number of thiazole rings is 1. The van der Waals surface area contributed by atoms with Gasteiger partial charge in [0.15, 0.2) is 0 Å². The molecular formula is C12H12N4O3S. The van der Waals surface area contributed by atoms with Crippen LogP contribution in [0.4, 0.5) is 0 Å². The average molecular weight is 292 g/mol. The maximum Gasteiger partial charge on any atom is 0.305 e. The van der Waals surface area contributed by atoms with Crippen molar-refractivity contribution in [2.45, 2.75) is 19.4 Å². The molecule has 0 saturated carbocycles. The second-order valence-corrected chi connectivity index (χ2v) is 4.96. The third kappa shape index (κ3) is 3.58. The Morgan fingerprint density at radius 2 is 2.25 bits per heavy atom. The topological polar surface area (TPSA) is 105 Å². The Morgan fingerprint density at radius 1 is 1.45 bits per heavy atom. The van der Waals surface area contributed by atoms with Crippen molar-refractivity contribution in [1.82, 2.24) is 20.3 Å². The summed E-state index contributed by atoms with van der Waals surface area (Å²) in [6.45, 7) is 1.63. The van der Waals surface area contributed by atoms with Gasteiger partial charge in [0.2, 0.25) is 0 Å². The van der Waals surface area contributed by atoms with Crippen LogP contribution in [0.3, 0.4) is 0 Å². The van der Waals surface area contributed by atoms with Crippen molar-refractivity contribution >= 4 is 23.2 Å². The van der Waals surface area contributed by atoms with Gasteiger partial charge in [-0.05, 0) is 6.92 Å². The molecule has 0 aliphatic heterocycles. The maximum atomic E-state index is 11.9. The number of nitrogens with zero attached hydrogens (tertiary/aromatic N) is 3. The Hall–Kier alpha value is -2.35. The lowest BCUT2D eigenvalue weighted by Gasteiger charge is -2.09. The molecule has 2 heterocycles. The van der Waals surface area contributed by atoms with Gasteiger partial charge < -0.3 is 10.4 Å². The molecule has 2 aromatic heterocycles. The molecule has 0 radical (unpaired) electrons. The van der Waals surface area contributed by atoms with E-state index in [2.05, 4.69) is 20.3 Å². The molecule has 0 fully saturated rings. The minimum absolute atomic E-state index is 0.132. The molecule has 0 saturated heterocycles. The van der Waals surface area contributed by atoms with Gasteiger partial charge in [-0.3, -0.25) is 19.6 Å². The molecule has 104 valence electrons. The lowest BCUT2D eigenvalue weighted by molar-refractivity contribution is -0.137. The molecule has 0 aliphatic rings. The number of nitrogens with one attached hydrogen (secondary N) is 1. The Morgan fingerprint density at radius 3 is 2.90 bits per heavy atom. The van der Waals surface area contributed by atoms with E-state index in [1.54, 1.807) is 30.9 Å². The van der Waals surface area contributed by atoms with E-state index in [1.807, 2.05) is 0 Å². The monoisotopic (exact) mass is 292 g/mol. The van der Waals surface area contributed by atoms with Gasteiger partial charge in [0.1, 0.15) is 16.4 Å². The van der Waals surface area contributed by atoms with E-state index < -0.39 is 17.9 Å². The predicted molar refractivity (Wildman–Crippen MR) is 72.3 cm³/mol. The van der Waals surface area contributed by atoms with Crippen molar-refractivity contribution in [2.75, 3.05) is 0 Å². The maximum absolute atomic E-state index is 11.9. The number of carboxylic acid groups (broad SMARTS) is 1. The minimum atomic E-state index is -0.962. The highest BCUT2D eigenvalue weighted by molar-refractivity contribution is 7.13. The summed E-state index contributed by atoms with van der Waals surface area (Å²) >= 11 is 1.28. The number of carbonyl (C=O) groups excluding carboxylic acids is 1. The van der Waals surface area contributed by atoms with Gasteiger partial charge in [-0.15, -0.1) is 11.3 Å². The number of carbonyl (C=O) groups is 2. The summed E-state index contributed by atoms with van der Waals surface area (Å²) < 4.78 is 0. The molecule has 0 aliphatic carbocycles. The molecular weight excluding hydrogens is 280 g/mol. The number of amides is 1. The van der Waals surface area contributed by atoms with Gasteiger partial charge in [0, 0.05) is 23.8 Å². The highest BCUT2D eigenvalue weighted by Gasteiger charge is 2.16. The number of carboxylic acids is 1. The molecule has 1 atom stereocenters. The van der Waals surface area contributed by atoms with E-state index in [4.69, 9.17) is 5.11 Å². The highest BCUT2D eigenvalue weighted by atomic mass is 32.1. The van der Waals surface area contributed by atoms with Crippen LogP contribution in [-0.2, 0) is 4.79 Å². The van der Waals surface area contributed by atoms with Crippen molar-refractivity contribution in [3.8, 4) is 10.7 Å². The van der Waals surface area contributed by atoms with Gasteiger partial charge >= 0.3 is 5.97 Å². The zero-order valence-electron chi connectivity index (χ0n) is 10.6. The first-order valence-electron chi connectivity index (χ1n) is 5.81. The van der Waals surface area contributed by atoms with Crippen LogP contribution in [0, 0.1) is 0 Å². The smallest absolute Gasteiger partial charge is 0.305 e. The summed E-state index contributed by atoms with van der Waals surface area (Å²) in [5, 5.41) is 13.4. The molecule has 20 heavy (non-hydrogen) atoms. The van der Waals surface area contributed by atoms with Crippen LogP contribution in [0.5, 0.6) is 0 Å². The Kier molecular flexibility index (Phi) is 4.36. The van der Waals surface area contributed by atoms with E-state index in [9.17, 15) is 9.59 Å². The van der Waals surface area contributed by atoms with E-state index in [-0.39, 0.29) is 12.1 Å². The number of hydrogen-bond acceptors (Lipinski definition) is 6. The Bertz CT molecular complexity index is 614. The summed E-state index contributed by atoms with van der Waals surface area (Å²) in [4.78, 5) is 34.6. The summed E-state index contributed by atoms with van der Waals surface area (Å²) in [5.41, 5.74) is 0.836. The quantitative estimate of drug-likeness (QED) is 0.857. The molecule has 2 aromatic rings. The first-order valence-corrected chi connectivity index (χ1v) is 6.69. The lowest BCUT2D eigenvalue weighted by Crippen LogP contribution is -2.34. The van der Waals surface area contributed by atoms with E-state index in [1.165, 1.54) is 11.3 Å². The molecule has 0 spiro atoms. The molecule has 0 aromatic carbocycles. The van der Waals surface area contributed by atoms with E-state index in [0.717, 1.165) is 0 Å². The lowest BCUT2D eigenvalue weighted by atomic mass is 10.2. The second kappa shape index (κ2) is 6.20. The zero-order valence-corrected chi connectivity index (χ0v) is 11.4. The molecule has 2 rings (SSSR count). The van der Waals surface area contributed by atoms with Crippen LogP contribution in [0.25, 0.3) is 10.7 Å². The van der Waals surface area contributed by atoms with Crippen molar-refractivity contribution in [3.63, 3.8) is 0 Å². The summed E-state index contributed by atoms with van der Waals surface area (Å²) in [6.07, 6.45) is 4.53. The largest absolute Gasteiger partial charge is 0.481 e. The molecule has 1 unspecified atom stereocenters. The molecule has 8 heteroatoms. The summed E-state index contributed by atoms with van der Waals surface area (Å²) in [7, 11) is 0. The first kappa shape index (κ1) is 14.1. The fraction of sp³-hybridized carbons (Fsp3) is 0.250. The first-order chi connectivity index (χ1) is 9.56. The van der Waals surface area contributed by atoms with Crippen LogP contribution >= 0.6 is 11.3 Å². The van der Waals surface area contributed by atoms with Crippen LogP contribution in [-0.4, -0.2) is 38.0 Å². The SMILES string of the molecule is CC(CC(=O)O)NC(=O)c1csc(-c2cnccn2)n1. The molecule has 2 N–H and O–H groups in total. The van der Waals surface area contributed by atoms with Gasteiger partial charge in [-0.25, -0.2) is 4.98 Å². The van der Waals surface area contributed by atoms with Gasteiger partial charge in [-0.2, -0.15) is 0 Å². The number of aromatic nitrogens is 3. The molecule has 7 nitrogen and oxygen atoms in total. The summed E-state index contributed by atoms with van der Waals surface area (Å²) in [5.74, 6) is -1.36. The van der Waals surface area contributed by atoms with Crippen molar-refractivity contribution in [1.29, 1.82) is 0 Å². The fourth-order valence-electron chi connectivity index (χ4n) is 1.52. The van der Waals surface area contributed by atoms with Crippen LogP contribution in [0.15, 0.2) is 24.0 Å². The Labute approximate surface area is 118 Å². The molecule has 1 amide bonds. The predicted octanol–water partition coefficient (Wildman–Crippen LogP) is 1.19. The highest BCUT2D eigenvalue weighted by Crippen LogP contribution is 2.20. The van der Waals surface area contributed by atoms with E-state index >= 15 is 0 Å². The van der Waals surface area contributed by atoms with Crippen LogP contribution < -0.4 is 5.32 Å². The molecule has 0 bridgehead atoms. The van der Waals surface area contributed by atoms with Crippen LogP contribution in [0.2, 0.25) is 0 Å². The van der Waals surface area contributed by atoms with E-state index in [0.29, 0.717) is 10.7 Å². The fourth-order valence-corrected chi connectivity index (χ4v) is 2.28. The van der Waals surface area contributed by atoms with Crippen LogP contribution in [0.1, 0.15) is 23.8 Å². The summed E-state index contributed by atoms with van der Waals surface area (Å²) in [6, 6.07) is -0.457.